The van der Waals surface area contributed by atoms with Gasteiger partial charge < -0.3 is 10.6 Å². The van der Waals surface area contributed by atoms with Crippen LogP contribution in [0.5, 0.6) is 0 Å². The van der Waals surface area contributed by atoms with Crippen LogP contribution in [-0.4, -0.2) is 23.6 Å². The second kappa shape index (κ2) is 4.37. The highest BCUT2D eigenvalue weighted by atomic mass is 19.1. The summed E-state index contributed by atoms with van der Waals surface area (Å²) in [5.41, 5.74) is 5.34. The van der Waals surface area contributed by atoms with Crippen LogP contribution >= 0.6 is 0 Å². The van der Waals surface area contributed by atoms with Gasteiger partial charge in [-0.2, -0.15) is 9.65 Å². The van der Waals surface area contributed by atoms with Gasteiger partial charge in [0.2, 0.25) is 5.95 Å². The minimum Gasteiger partial charge on any atom is -0.392 e. The van der Waals surface area contributed by atoms with Gasteiger partial charge in [-0.15, -0.1) is 0 Å². The lowest BCUT2D eigenvalue weighted by Gasteiger charge is -2.17. The lowest BCUT2D eigenvalue weighted by Crippen LogP contribution is -2.21. The van der Waals surface area contributed by atoms with E-state index in [1.54, 1.807) is 11.9 Å². The van der Waals surface area contributed by atoms with E-state index in [2.05, 4.69) is 9.97 Å². The molecule has 1 aromatic heterocycles. The molecule has 0 saturated carbocycles. The second-order valence-electron chi connectivity index (χ2n) is 2.73. The van der Waals surface area contributed by atoms with Crippen LogP contribution in [0.4, 0.5) is 15.9 Å². The Hall–Kier alpha value is -1.90. The van der Waals surface area contributed by atoms with Gasteiger partial charge in [0.05, 0.1) is 12.5 Å². The Morgan fingerprint density at radius 2 is 2.36 bits per heavy atom. The van der Waals surface area contributed by atoms with Gasteiger partial charge in [0, 0.05) is 13.6 Å². The first-order valence-electron chi connectivity index (χ1n) is 4.01. The number of hydrogen-bond acceptors (Lipinski definition) is 5. The summed E-state index contributed by atoms with van der Waals surface area (Å²) >= 11 is 0. The van der Waals surface area contributed by atoms with E-state index in [4.69, 9.17) is 11.0 Å². The molecule has 0 spiro atoms. The maximum Gasteiger partial charge on any atom is 0.241 e. The van der Waals surface area contributed by atoms with Crippen molar-refractivity contribution in [2.45, 2.75) is 6.42 Å². The van der Waals surface area contributed by atoms with Gasteiger partial charge in [0.15, 0.2) is 5.82 Å². The molecule has 14 heavy (non-hydrogen) atoms. The third-order valence-corrected chi connectivity index (χ3v) is 1.73. The summed E-state index contributed by atoms with van der Waals surface area (Å²) < 4.78 is 12.9. The molecular weight excluding hydrogens is 185 g/mol. The Balaban J connectivity index is 2.85. The van der Waals surface area contributed by atoms with Gasteiger partial charge in [0.1, 0.15) is 12.0 Å². The van der Waals surface area contributed by atoms with E-state index in [0.29, 0.717) is 18.8 Å². The molecule has 0 aromatic carbocycles. The van der Waals surface area contributed by atoms with Crippen LogP contribution in [0.2, 0.25) is 0 Å². The minimum atomic E-state index is -0.737. The third-order valence-electron chi connectivity index (χ3n) is 1.73. The molecule has 74 valence electrons. The number of halogens is 1. The Morgan fingerprint density at radius 3 is 3.00 bits per heavy atom. The Morgan fingerprint density at radius 1 is 1.64 bits per heavy atom. The number of rotatable bonds is 3. The van der Waals surface area contributed by atoms with Crippen LogP contribution in [0.25, 0.3) is 0 Å². The smallest absolute Gasteiger partial charge is 0.241 e. The standard InChI is InChI=1S/C8H10FN5/c1-14(4-2-3-10)8-6(11)7(9)12-5-13-8/h5H,2,4,11H2,1H3. The van der Waals surface area contributed by atoms with E-state index in [0.717, 1.165) is 6.33 Å². The van der Waals surface area contributed by atoms with E-state index in [1.165, 1.54) is 0 Å². The molecule has 1 rings (SSSR count). The number of nitrogens with two attached hydrogens (primary N) is 1. The summed E-state index contributed by atoms with van der Waals surface area (Å²) in [5.74, 6) is -0.424. The summed E-state index contributed by atoms with van der Waals surface area (Å²) in [4.78, 5) is 8.75. The Kier molecular flexibility index (Phi) is 3.18. The number of hydrogen-bond donors (Lipinski definition) is 1. The Bertz CT molecular complexity index is 359. The van der Waals surface area contributed by atoms with E-state index in [-0.39, 0.29) is 5.69 Å². The van der Waals surface area contributed by atoms with E-state index >= 15 is 0 Å². The fraction of sp³-hybridized carbons (Fsp3) is 0.375. The first-order valence-corrected chi connectivity index (χ1v) is 4.01. The van der Waals surface area contributed by atoms with Gasteiger partial charge in [-0.1, -0.05) is 0 Å². The van der Waals surface area contributed by atoms with Crippen molar-refractivity contribution >= 4 is 11.5 Å². The van der Waals surface area contributed by atoms with Gasteiger partial charge in [-0.3, -0.25) is 0 Å². The van der Waals surface area contributed by atoms with Crippen molar-refractivity contribution in [3.63, 3.8) is 0 Å². The second-order valence-corrected chi connectivity index (χ2v) is 2.73. The highest BCUT2D eigenvalue weighted by Crippen LogP contribution is 2.19. The molecule has 5 nitrogen and oxygen atoms in total. The van der Waals surface area contributed by atoms with Gasteiger partial charge in [-0.05, 0) is 0 Å². The van der Waals surface area contributed by atoms with Crippen LogP contribution in [0, 0.1) is 17.3 Å². The third kappa shape index (κ3) is 2.07. The molecule has 0 aliphatic heterocycles. The monoisotopic (exact) mass is 195 g/mol. The molecule has 0 fully saturated rings. The average molecular weight is 195 g/mol. The van der Waals surface area contributed by atoms with Crippen molar-refractivity contribution in [2.75, 3.05) is 24.2 Å². The van der Waals surface area contributed by atoms with Gasteiger partial charge >= 0.3 is 0 Å². The zero-order valence-electron chi connectivity index (χ0n) is 7.74. The summed E-state index contributed by atoms with van der Waals surface area (Å²) in [6.45, 7) is 0.456. The van der Waals surface area contributed by atoms with Gasteiger partial charge in [-0.25, -0.2) is 9.97 Å². The van der Waals surface area contributed by atoms with Crippen molar-refractivity contribution in [2.24, 2.45) is 0 Å². The zero-order chi connectivity index (χ0) is 10.6. The first kappa shape index (κ1) is 10.2. The maximum atomic E-state index is 12.9. The van der Waals surface area contributed by atoms with E-state index < -0.39 is 5.95 Å². The van der Waals surface area contributed by atoms with Crippen LogP contribution in [0.15, 0.2) is 6.33 Å². The molecule has 0 aliphatic rings. The topological polar surface area (TPSA) is 78.8 Å². The van der Waals surface area contributed by atoms with Crippen molar-refractivity contribution in [3.8, 4) is 6.07 Å². The fourth-order valence-corrected chi connectivity index (χ4v) is 0.993. The molecule has 0 atom stereocenters. The molecule has 0 radical (unpaired) electrons. The summed E-state index contributed by atoms with van der Waals surface area (Å²) in [7, 11) is 1.69. The number of anilines is 2. The molecule has 6 heteroatoms. The normalized spacial score (nSPS) is 9.50. The molecule has 0 amide bonds. The lowest BCUT2D eigenvalue weighted by molar-refractivity contribution is 0.584. The molecule has 2 N–H and O–H groups in total. The van der Waals surface area contributed by atoms with Crippen LogP contribution in [0.1, 0.15) is 6.42 Å². The molecular formula is C8H10FN5. The fourth-order valence-electron chi connectivity index (χ4n) is 0.993. The average Bonchev–Trinajstić information content (AvgIpc) is 2.18. The number of nitrogen functional groups attached to an aromatic ring is 1. The molecule has 1 aromatic rings. The van der Waals surface area contributed by atoms with Crippen LogP contribution in [-0.2, 0) is 0 Å². The van der Waals surface area contributed by atoms with Gasteiger partial charge in [0.25, 0.3) is 0 Å². The first-order chi connectivity index (χ1) is 6.66. The van der Waals surface area contributed by atoms with Crippen molar-refractivity contribution < 1.29 is 4.39 Å². The summed E-state index contributed by atoms with van der Waals surface area (Å²) in [5, 5.41) is 8.37. The minimum absolute atomic E-state index is 0.0899. The summed E-state index contributed by atoms with van der Waals surface area (Å²) in [6.07, 6.45) is 1.44. The molecule has 1 heterocycles. The van der Waals surface area contributed by atoms with Crippen LogP contribution in [0.3, 0.4) is 0 Å². The molecule has 0 bridgehead atoms. The predicted octanol–water partition coefficient (Wildman–Crippen LogP) is 0.548. The molecule has 0 saturated heterocycles. The summed E-state index contributed by atoms with van der Waals surface area (Å²) in [6, 6.07) is 1.98. The lowest BCUT2D eigenvalue weighted by atomic mass is 10.4. The number of nitrogens with zero attached hydrogens (tertiary/aromatic N) is 4. The largest absolute Gasteiger partial charge is 0.392 e. The highest BCUT2D eigenvalue weighted by molar-refractivity contribution is 5.61. The zero-order valence-corrected chi connectivity index (χ0v) is 7.74. The maximum absolute atomic E-state index is 12.9. The van der Waals surface area contributed by atoms with E-state index in [9.17, 15) is 4.39 Å². The van der Waals surface area contributed by atoms with Crippen molar-refractivity contribution in [1.82, 2.24) is 9.97 Å². The SMILES string of the molecule is CN(CCC#N)c1ncnc(F)c1N. The van der Waals surface area contributed by atoms with E-state index in [1.807, 2.05) is 6.07 Å². The highest BCUT2D eigenvalue weighted by Gasteiger charge is 2.10. The number of nitriles is 1. The Labute approximate surface area is 81.0 Å². The van der Waals surface area contributed by atoms with Crippen molar-refractivity contribution in [3.05, 3.63) is 12.3 Å². The predicted molar refractivity (Wildman–Crippen MR) is 49.9 cm³/mol. The molecule has 0 aliphatic carbocycles. The molecule has 0 unspecified atom stereocenters. The van der Waals surface area contributed by atoms with Crippen molar-refractivity contribution in [1.29, 1.82) is 5.26 Å². The van der Waals surface area contributed by atoms with Crippen LogP contribution < -0.4 is 10.6 Å². The quantitative estimate of drug-likeness (QED) is 0.712. The number of aromatic nitrogens is 2.